The summed E-state index contributed by atoms with van der Waals surface area (Å²) in [5.41, 5.74) is 2.28. The van der Waals surface area contributed by atoms with E-state index in [-0.39, 0.29) is 5.69 Å². The monoisotopic (exact) mass is 279 g/mol. The molecule has 0 unspecified atom stereocenters. The van der Waals surface area contributed by atoms with Crippen LogP contribution in [0.5, 0.6) is 0 Å². The van der Waals surface area contributed by atoms with Crippen molar-refractivity contribution in [2.45, 2.75) is 5.33 Å². The lowest BCUT2D eigenvalue weighted by molar-refractivity contribution is 0.0688. The maximum absolute atomic E-state index is 11.0. The number of carboxylic acids is 1. The Morgan fingerprint density at radius 1 is 1.25 bits per heavy atom. The summed E-state index contributed by atoms with van der Waals surface area (Å²) >= 11 is 3.37. The van der Waals surface area contributed by atoms with Crippen molar-refractivity contribution in [3.05, 3.63) is 53.9 Å². The van der Waals surface area contributed by atoms with E-state index in [1.165, 1.54) is 0 Å². The van der Waals surface area contributed by atoms with Gasteiger partial charge in [-0.1, -0.05) is 28.1 Å². The van der Waals surface area contributed by atoms with Crippen molar-refractivity contribution in [1.82, 2.24) is 4.57 Å². The third-order valence-electron chi connectivity index (χ3n) is 2.34. The predicted octanol–water partition coefficient (Wildman–Crippen LogP) is 3.07. The molecule has 0 saturated carbocycles. The number of carbonyl (C=O) groups is 1. The zero-order valence-electron chi connectivity index (χ0n) is 8.43. The lowest BCUT2D eigenvalue weighted by Crippen LogP contribution is -2.05. The lowest BCUT2D eigenvalue weighted by Gasteiger charge is -2.06. The molecule has 0 amide bonds. The SMILES string of the molecule is O=C(O)c1cccn1-c1ccc(CBr)cc1. The van der Waals surface area contributed by atoms with Gasteiger partial charge >= 0.3 is 5.97 Å². The minimum absolute atomic E-state index is 0.270. The summed E-state index contributed by atoms with van der Waals surface area (Å²) in [5.74, 6) is -0.922. The highest BCUT2D eigenvalue weighted by Crippen LogP contribution is 2.15. The molecular formula is C12H10BrNO2. The summed E-state index contributed by atoms with van der Waals surface area (Å²) < 4.78 is 1.65. The second-order valence-corrected chi connectivity index (χ2v) is 3.93. The molecule has 2 aromatic rings. The van der Waals surface area contributed by atoms with Crippen LogP contribution in [0.4, 0.5) is 0 Å². The molecule has 1 heterocycles. The van der Waals surface area contributed by atoms with Gasteiger partial charge in [0.2, 0.25) is 0 Å². The molecule has 0 aliphatic carbocycles. The van der Waals surface area contributed by atoms with Crippen LogP contribution < -0.4 is 0 Å². The van der Waals surface area contributed by atoms with Gasteiger partial charge in [0, 0.05) is 17.2 Å². The largest absolute Gasteiger partial charge is 0.477 e. The van der Waals surface area contributed by atoms with Crippen LogP contribution in [0, 0.1) is 0 Å². The summed E-state index contributed by atoms with van der Waals surface area (Å²) in [6, 6.07) is 11.1. The highest BCUT2D eigenvalue weighted by atomic mass is 79.9. The normalized spacial score (nSPS) is 10.3. The minimum Gasteiger partial charge on any atom is -0.477 e. The molecule has 0 radical (unpaired) electrons. The third kappa shape index (κ3) is 2.02. The van der Waals surface area contributed by atoms with Crippen molar-refractivity contribution in [2.24, 2.45) is 0 Å². The van der Waals surface area contributed by atoms with Crippen LogP contribution in [0.2, 0.25) is 0 Å². The van der Waals surface area contributed by atoms with E-state index in [2.05, 4.69) is 15.9 Å². The van der Waals surface area contributed by atoms with Crippen LogP contribution in [0.15, 0.2) is 42.6 Å². The molecule has 0 aliphatic heterocycles. The summed E-state index contributed by atoms with van der Waals surface area (Å²) in [6.07, 6.45) is 1.74. The number of benzene rings is 1. The van der Waals surface area contributed by atoms with Gasteiger partial charge < -0.3 is 9.67 Å². The van der Waals surface area contributed by atoms with E-state index in [1.807, 2.05) is 24.3 Å². The van der Waals surface area contributed by atoms with Crippen molar-refractivity contribution >= 4 is 21.9 Å². The van der Waals surface area contributed by atoms with Crippen molar-refractivity contribution in [2.75, 3.05) is 0 Å². The predicted molar refractivity (Wildman–Crippen MR) is 65.4 cm³/mol. The van der Waals surface area contributed by atoms with Gasteiger partial charge in [0.1, 0.15) is 5.69 Å². The van der Waals surface area contributed by atoms with E-state index >= 15 is 0 Å². The highest BCUT2D eigenvalue weighted by Gasteiger charge is 2.09. The molecule has 3 nitrogen and oxygen atoms in total. The molecular weight excluding hydrogens is 270 g/mol. The van der Waals surface area contributed by atoms with Crippen molar-refractivity contribution in [1.29, 1.82) is 0 Å². The Bertz CT molecular complexity index is 502. The van der Waals surface area contributed by atoms with Gasteiger partial charge in [-0.3, -0.25) is 0 Å². The fourth-order valence-corrected chi connectivity index (χ4v) is 1.90. The van der Waals surface area contributed by atoms with Crippen LogP contribution >= 0.6 is 15.9 Å². The van der Waals surface area contributed by atoms with Crippen LogP contribution in [0.3, 0.4) is 0 Å². The Hall–Kier alpha value is -1.55. The fraction of sp³-hybridized carbons (Fsp3) is 0.0833. The molecule has 2 rings (SSSR count). The number of aromatic nitrogens is 1. The number of nitrogens with zero attached hydrogens (tertiary/aromatic N) is 1. The van der Waals surface area contributed by atoms with Gasteiger partial charge in [0.05, 0.1) is 0 Å². The zero-order chi connectivity index (χ0) is 11.5. The second kappa shape index (κ2) is 4.53. The maximum atomic E-state index is 11.0. The van der Waals surface area contributed by atoms with Crippen molar-refractivity contribution in [3.63, 3.8) is 0 Å². The van der Waals surface area contributed by atoms with Gasteiger partial charge in [-0.25, -0.2) is 4.79 Å². The zero-order valence-corrected chi connectivity index (χ0v) is 10.0. The van der Waals surface area contributed by atoms with E-state index in [0.717, 1.165) is 16.6 Å². The van der Waals surface area contributed by atoms with Crippen molar-refractivity contribution in [3.8, 4) is 5.69 Å². The van der Waals surface area contributed by atoms with Crippen LogP contribution in [-0.2, 0) is 5.33 Å². The Morgan fingerprint density at radius 2 is 1.94 bits per heavy atom. The molecule has 1 aromatic heterocycles. The van der Waals surface area contributed by atoms with E-state index < -0.39 is 5.97 Å². The molecule has 0 spiro atoms. The summed E-state index contributed by atoms with van der Waals surface area (Å²) in [7, 11) is 0. The molecule has 4 heteroatoms. The maximum Gasteiger partial charge on any atom is 0.352 e. The molecule has 1 N–H and O–H groups in total. The Kier molecular flexibility index (Phi) is 3.10. The lowest BCUT2D eigenvalue weighted by atomic mass is 10.2. The van der Waals surface area contributed by atoms with Crippen LogP contribution in [-0.4, -0.2) is 15.6 Å². The van der Waals surface area contributed by atoms with E-state index in [1.54, 1.807) is 22.9 Å². The van der Waals surface area contributed by atoms with E-state index in [9.17, 15) is 4.79 Å². The van der Waals surface area contributed by atoms with Gasteiger partial charge in [0.25, 0.3) is 0 Å². The highest BCUT2D eigenvalue weighted by molar-refractivity contribution is 9.08. The Balaban J connectivity index is 2.42. The third-order valence-corrected chi connectivity index (χ3v) is 2.98. The second-order valence-electron chi connectivity index (χ2n) is 3.37. The van der Waals surface area contributed by atoms with Crippen LogP contribution in [0.25, 0.3) is 5.69 Å². The quantitative estimate of drug-likeness (QED) is 0.878. The molecule has 0 aliphatic rings. The van der Waals surface area contributed by atoms with Crippen molar-refractivity contribution < 1.29 is 9.90 Å². The smallest absolute Gasteiger partial charge is 0.352 e. The molecule has 0 fully saturated rings. The number of carboxylic acid groups (broad SMARTS) is 1. The molecule has 1 aromatic carbocycles. The molecule has 82 valence electrons. The number of alkyl halides is 1. The molecule has 16 heavy (non-hydrogen) atoms. The molecule has 0 saturated heterocycles. The average molecular weight is 280 g/mol. The molecule has 0 bridgehead atoms. The fourth-order valence-electron chi connectivity index (χ4n) is 1.53. The van der Waals surface area contributed by atoms with Gasteiger partial charge in [-0.2, -0.15) is 0 Å². The number of hydrogen-bond donors (Lipinski definition) is 1. The van der Waals surface area contributed by atoms with Gasteiger partial charge in [-0.05, 0) is 29.8 Å². The molecule has 0 atom stereocenters. The van der Waals surface area contributed by atoms with Crippen LogP contribution in [0.1, 0.15) is 16.1 Å². The Labute approximate surface area is 101 Å². The minimum atomic E-state index is -0.922. The topological polar surface area (TPSA) is 42.2 Å². The summed E-state index contributed by atoms with van der Waals surface area (Å²) in [4.78, 5) is 11.0. The number of hydrogen-bond acceptors (Lipinski definition) is 1. The Morgan fingerprint density at radius 3 is 2.50 bits per heavy atom. The first-order chi connectivity index (χ1) is 7.72. The summed E-state index contributed by atoms with van der Waals surface area (Å²) in [6.45, 7) is 0. The first-order valence-corrected chi connectivity index (χ1v) is 5.90. The van der Waals surface area contributed by atoms with Gasteiger partial charge in [-0.15, -0.1) is 0 Å². The first kappa shape index (κ1) is 11.0. The number of aromatic carboxylic acids is 1. The summed E-state index contributed by atoms with van der Waals surface area (Å²) in [5, 5.41) is 9.78. The van der Waals surface area contributed by atoms with E-state index in [4.69, 9.17) is 5.11 Å². The van der Waals surface area contributed by atoms with E-state index in [0.29, 0.717) is 0 Å². The average Bonchev–Trinajstić information content (AvgIpc) is 2.78. The standard InChI is InChI=1S/C12H10BrNO2/c13-8-9-3-5-10(6-4-9)14-7-1-2-11(14)12(15)16/h1-7H,8H2,(H,15,16). The first-order valence-electron chi connectivity index (χ1n) is 4.78. The number of rotatable bonds is 3. The number of halogens is 1. The van der Waals surface area contributed by atoms with Gasteiger partial charge in [0.15, 0.2) is 0 Å².